The summed E-state index contributed by atoms with van der Waals surface area (Å²) in [6, 6.07) is 17.3. The van der Waals surface area contributed by atoms with Crippen LogP contribution in [-0.4, -0.2) is 42.1 Å². The van der Waals surface area contributed by atoms with E-state index in [1.165, 1.54) is 0 Å². The van der Waals surface area contributed by atoms with Crippen LogP contribution < -0.4 is 5.32 Å². The van der Waals surface area contributed by atoms with Gasteiger partial charge in [-0.25, -0.2) is 0 Å². The van der Waals surface area contributed by atoms with E-state index in [0.717, 1.165) is 42.5 Å². The lowest BCUT2D eigenvalue weighted by Crippen LogP contribution is -2.83. The first-order valence-corrected chi connectivity index (χ1v) is 16.8. The first kappa shape index (κ1) is 34.1. The summed E-state index contributed by atoms with van der Waals surface area (Å²) in [6.07, 6.45) is -6.55. The number of carbonyl (C=O) groups is 1. The topological polar surface area (TPSA) is 29.1 Å². The maximum absolute atomic E-state index is 14.2. The zero-order valence-corrected chi connectivity index (χ0v) is 27.5. The Morgan fingerprint density at radius 3 is 1.98 bits per heavy atom. The highest BCUT2D eigenvalue weighted by molar-refractivity contribution is 6.42. The van der Waals surface area contributed by atoms with Gasteiger partial charge in [-0.1, -0.05) is 66.5 Å². The van der Waals surface area contributed by atoms with Crippen molar-refractivity contribution in [3.8, 4) is 0 Å². The second-order valence-corrected chi connectivity index (χ2v) is 14.6. The quantitative estimate of drug-likeness (QED) is 0.193. The maximum atomic E-state index is 14.2. The van der Waals surface area contributed by atoms with E-state index in [1.54, 1.807) is 12.1 Å². The number of hydrogen-bond acceptors (Lipinski definition) is 1. The van der Waals surface area contributed by atoms with Gasteiger partial charge in [0.1, 0.15) is 5.54 Å². The molecule has 47 heavy (non-hydrogen) atoms. The molecule has 2 atom stereocenters. The van der Waals surface area contributed by atoms with Crippen molar-refractivity contribution in [1.82, 2.24) is 5.32 Å². The molecule has 0 radical (unpaired) electrons. The number of hydrogen-bond donors (Lipinski definition) is 1. The molecular formula is C36H37Cl2F6N2O+. The number of nitrogens with one attached hydrogen (secondary N) is 1. The standard InChI is InChI=1S/C36H36Cl2F6N2O/c1-2-14-46-15-12-32(13-16-46,25-6-4-3-5-7-25)22-34(46,21-24-17-27(35(39,40)41)19-28(18-24)36(42,43)44)33(11-10-31(47)45-23-33)26-8-9-29(37)30(38)20-26/h3-9,17-20H,2,10-16,21-23H2,1H3/p+1. The third kappa shape index (κ3) is 5.74. The number of piperidine rings is 4. The van der Waals surface area contributed by atoms with Crippen molar-refractivity contribution in [2.75, 3.05) is 26.2 Å². The number of fused-ring (bicyclic) bond motifs is 3. The molecule has 3 aromatic carbocycles. The molecule has 7 rings (SSSR count). The number of rotatable bonds is 7. The minimum absolute atomic E-state index is 0.0205. The summed E-state index contributed by atoms with van der Waals surface area (Å²) < 4.78 is 85.8. The lowest BCUT2D eigenvalue weighted by atomic mass is 9.47. The highest BCUT2D eigenvalue weighted by Gasteiger charge is 2.71. The van der Waals surface area contributed by atoms with Crippen LogP contribution in [0.3, 0.4) is 0 Å². The Kier molecular flexibility index (Phi) is 8.70. The average molecular weight is 699 g/mol. The lowest BCUT2D eigenvalue weighted by Gasteiger charge is -2.71. The number of amides is 1. The minimum atomic E-state index is -4.98. The predicted octanol–water partition coefficient (Wildman–Crippen LogP) is 9.52. The zero-order valence-electron chi connectivity index (χ0n) is 26.0. The summed E-state index contributed by atoms with van der Waals surface area (Å²) in [7, 11) is 0. The Hall–Kier alpha value is -2.75. The predicted molar refractivity (Wildman–Crippen MR) is 170 cm³/mol. The van der Waals surface area contributed by atoms with Gasteiger partial charge in [0.2, 0.25) is 5.91 Å². The van der Waals surface area contributed by atoms with E-state index >= 15 is 0 Å². The van der Waals surface area contributed by atoms with Crippen LogP contribution in [0, 0.1) is 0 Å². The number of carbonyl (C=O) groups excluding carboxylic acids is 1. The fourth-order valence-corrected chi connectivity index (χ4v) is 9.71. The van der Waals surface area contributed by atoms with Crippen LogP contribution >= 0.6 is 23.2 Å². The summed E-state index contributed by atoms with van der Waals surface area (Å²) in [6.45, 7) is 4.32. The van der Waals surface area contributed by atoms with Crippen molar-refractivity contribution < 1.29 is 35.6 Å². The SMILES string of the molecule is CCC[N+]12CCC(c3ccccc3)(CC1)CC2(Cc1cc(C(F)(F)F)cc(C(F)(F)F)c1)C1(c2ccc(Cl)c(Cl)c2)CCC(=O)NC1. The van der Waals surface area contributed by atoms with Crippen LogP contribution in [0.4, 0.5) is 26.3 Å². The van der Waals surface area contributed by atoms with Crippen molar-refractivity contribution in [3.63, 3.8) is 0 Å². The van der Waals surface area contributed by atoms with Gasteiger partial charge >= 0.3 is 12.4 Å². The largest absolute Gasteiger partial charge is 0.416 e. The zero-order chi connectivity index (χ0) is 33.9. The number of halogens is 8. The van der Waals surface area contributed by atoms with Crippen LogP contribution in [0.2, 0.25) is 10.0 Å². The third-order valence-electron chi connectivity index (χ3n) is 11.5. The molecular weight excluding hydrogens is 661 g/mol. The Labute approximate surface area is 280 Å². The Morgan fingerprint density at radius 1 is 0.809 bits per heavy atom. The molecule has 3 aromatic rings. The van der Waals surface area contributed by atoms with Gasteiger partial charge in [0.15, 0.2) is 0 Å². The lowest BCUT2D eigenvalue weighted by molar-refractivity contribution is -0.997. The van der Waals surface area contributed by atoms with E-state index in [0.29, 0.717) is 47.0 Å². The fourth-order valence-electron chi connectivity index (χ4n) is 9.41. The number of quaternary nitrogens is 1. The van der Waals surface area contributed by atoms with Crippen molar-refractivity contribution in [3.05, 3.63) is 105 Å². The van der Waals surface area contributed by atoms with Gasteiger partial charge in [-0.3, -0.25) is 4.79 Å². The van der Waals surface area contributed by atoms with Crippen LogP contribution in [0.1, 0.15) is 73.3 Å². The normalized spacial score (nSPS) is 29.5. The van der Waals surface area contributed by atoms with Gasteiger partial charge in [-0.05, 0) is 59.9 Å². The van der Waals surface area contributed by atoms with Crippen LogP contribution in [0.25, 0.3) is 0 Å². The van der Waals surface area contributed by atoms with Crippen molar-refractivity contribution in [2.45, 2.75) is 80.6 Å². The molecule has 252 valence electrons. The van der Waals surface area contributed by atoms with Crippen molar-refractivity contribution in [2.24, 2.45) is 0 Å². The molecule has 2 bridgehead atoms. The van der Waals surface area contributed by atoms with Crippen LogP contribution in [-0.2, 0) is 34.4 Å². The van der Waals surface area contributed by atoms with Gasteiger partial charge in [0, 0.05) is 44.1 Å². The molecule has 4 aliphatic rings. The molecule has 4 saturated heterocycles. The van der Waals surface area contributed by atoms with Gasteiger partial charge in [-0.15, -0.1) is 0 Å². The van der Waals surface area contributed by atoms with E-state index in [9.17, 15) is 31.1 Å². The second kappa shape index (κ2) is 12.0. The van der Waals surface area contributed by atoms with Crippen LogP contribution in [0.5, 0.6) is 0 Å². The highest BCUT2D eigenvalue weighted by atomic mass is 35.5. The first-order chi connectivity index (χ1) is 22.1. The molecule has 0 saturated carbocycles. The molecule has 0 aromatic heterocycles. The Morgan fingerprint density at radius 2 is 1.45 bits per heavy atom. The monoisotopic (exact) mass is 697 g/mol. The Bertz CT molecular complexity index is 1610. The molecule has 4 aliphatic heterocycles. The molecule has 4 heterocycles. The molecule has 3 nitrogen and oxygen atoms in total. The highest BCUT2D eigenvalue weighted by Crippen LogP contribution is 2.63. The number of benzene rings is 3. The molecule has 1 N–H and O–H groups in total. The summed E-state index contributed by atoms with van der Waals surface area (Å²) >= 11 is 13.0. The second-order valence-electron chi connectivity index (χ2n) is 13.7. The summed E-state index contributed by atoms with van der Waals surface area (Å²) in [5.74, 6) is -0.148. The smallest absolute Gasteiger partial charge is 0.355 e. The molecule has 2 unspecified atom stereocenters. The van der Waals surface area contributed by atoms with Gasteiger partial charge in [0.05, 0.1) is 46.2 Å². The average Bonchev–Trinajstić information content (AvgIpc) is 3.03. The maximum Gasteiger partial charge on any atom is 0.416 e. The van der Waals surface area contributed by atoms with Crippen molar-refractivity contribution in [1.29, 1.82) is 0 Å². The van der Waals surface area contributed by atoms with Gasteiger partial charge in [0.25, 0.3) is 0 Å². The third-order valence-corrected chi connectivity index (χ3v) is 12.2. The summed E-state index contributed by atoms with van der Waals surface area (Å²) in [5, 5.41) is 3.70. The summed E-state index contributed by atoms with van der Waals surface area (Å²) in [4.78, 5) is 12.8. The molecule has 11 heteroatoms. The van der Waals surface area contributed by atoms with E-state index < -0.39 is 34.4 Å². The van der Waals surface area contributed by atoms with Crippen LogP contribution in [0.15, 0.2) is 66.7 Å². The molecule has 0 aliphatic carbocycles. The first-order valence-electron chi connectivity index (χ1n) is 16.0. The van der Waals surface area contributed by atoms with E-state index in [-0.39, 0.29) is 42.3 Å². The minimum Gasteiger partial charge on any atom is -0.355 e. The van der Waals surface area contributed by atoms with E-state index in [2.05, 4.69) is 24.4 Å². The molecule has 1 amide bonds. The van der Waals surface area contributed by atoms with E-state index in [1.807, 2.05) is 24.3 Å². The summed E-state index contributed by atoms with van der Waals surface area (Å²) in [5.41, 5.74) is -2.96. The van der Waals surface area contributed by atoms with Crippen molar-refractivity contribution >= 4 is 29.1 Å². The van der Waals surface area contributed by atoms with Gasteiger partial charge < -0.3 is 9.80 Å². The number of alkyl halides is 6. The van der Waals surface area contributed by atoms with Gasteiger partial charge in [-0.2, -0.15) is 26.3 Å². The number of nitrogens with zero attached hydrogens (tertiary/aromatic N) is 1. The fraction of sp³-hybridized carbons (Fsp3) is 0.472. The van der Waals surface area contributed by atoms with E-state index in [4.69, 9.17) is 23.2 Å². The molecule has 4 fully saturated rings. The molecule has 0 spiro atoms. The Balaban J connectivity index is 1.68.